The highest BCUT2D eigenvalue weighted by atomic mass is 16.8. The summed E-state index contributed by atoms with van der Waals surface area (Å²) in [6.45, 7) is -0.762. The number of aliphatic hydroxyl groups is 7. The van der Waals surface area contributed by atoms with Crippen molar-refractivity contribution in [3.8, 4) is 23.0 Å². The first-order valence-corrected chi connectivity index (χ1v) is 17.0. The zero-order valence-electron chi connectivity index (χ0n) is 29.2. The van der Waals surface area contributed by atoms with Gasteiger partial charge in [0.2, 0.25) is 0 Å². The topological polar surface area (TPSA) is 293 Å². The van der Waals surface area contributed by atoms with E-state index >= 15 is 0 Å². The van der Waals surface area contributed by atoms with Gasteiger partial charge < -0.3 is 89.0 Å². The Morgan fingerprint density at radius 3 is 2.28 bits per heavy atom. The van der Waals surface area contributed by atoms with Crippen LogP contribution in [0.2, 0.25) is 0 Å². The van der Waals surface area contributed by atoms with Crippen LogP contribution in [0.1, 0.15) is 18.1 Å². The maximum absolute atomic E-state index is 13.3. The molecular weight excluding hydrogens is 724 g/mol. The minimum Gasteiger partial charge on any atom is -0.504 e. The minimum absolute atomic E-state index is 0.130. The Bertz CT molecular complexity index is 1590. The van der Waals surface area contributed by atoms with Gasteiger partial charge in [-0.05, 0) is 54.8 Å². The number of rotatable bonds is 14. The number of carbonyl (C=O) groups is 1. The van der Waals surface area contributed by atoms with E-state index in [1.807, 2.05) is 0 Å². The van der Waals surface area contributed by atoms with Crippen LogP contribution in [0.3, 0.4) is 0 Å². The van der Waals surface area contributed by atoms with E-state index in [0.717, 1.165) is 6.08 Å². The van der Waals surface area contributed by atoms with E-state index in [9.17, 15) is 55.9 Å². The first kappa shape index (κ1) is 41.5. The lowest BCUT2D eigenvalue weighted by molar-refractivity contribution is -0.344. The molecule has 0 amide bonds. The van der Waals surface area contributed by atoms with Crippen LogP contribution >= 0.6 is 0 Å². The molecule has 0 saturated carbocycles. The normalized spacial score (nSPS) is 35.6. The molecule has 0 spiro atoms. The molecular formula is C35H46O19. The summed E-state index contributed by atoms with van der Waals surface area (Å²) in [7, 11) is 1.34. The number of phenols is 3. The number of phenolic OH excluding ortho intramolecular Hbond substituents is 3. The molecule has 3 aliphatic heterocycles. The summed E-state index contributed by atoms with van der Waals surface area (Å²) in [5.74, 6) is -1.72. The molecule has 3 aliphatic rings. The lowest BCUT2D eigenvalue weighted by Gasteiger charge is -2.45. The van der Waals surface area contributed by atoms with Crippen molar-refractivity contribution in [1.82, 2.24) is 0 Å². The van der Waals surface area contributed by atoms with E-state index in [2.05, 4.69) is 0 Å². The maximum Gasteiger partial charge on any atom is 0.331 e. The zero-order chi connectivity index (χ0) is 39.3. The molecule has 19 heteroatoms. The highest BCUT2D eigenvalue weighted by molar-refractivity contribution is 5.87. The summed E-state index contributed by atoms with van der Waals surface area (Å²) in [6, 6.07) is 8.38. The fourth-order valence-corrected chi connectivity index (χ4v) is 6.02. The molecule has 0 bridgehead atoms. The number of benzene rings is 2. The maximum atomic E-state index is 13.3. The van der Waals surface area contributed by atoms with E-state index in [1.165, 1.54) is 56.5 Å². The van der Waals surface area contributed by atoms with Crippen molar-refractivity contribution >= 4 is 12.0 Å². The number of esters is 1. The first-order valence-electron chi connectivity index (χ1n) is 17.0. The fraction of sp³-hybridized carbons (Fsp3) is 0.571. The molecule has 0 unspecified atom stereocenters. The molecule has 0 aliphatic carbocycles. The van der Waals surface area contributed by atoms with Crippen molar-refractivity contribution in [3.05, 3.63) is 53.6 Å². The van der Waals surface area contributed by atoms with Gasteiger partial charge in [-0.25, -0.2) is 4.79 Å². The molecule has 0 radical (unpaired) electrons. The number of carbonyl (C=O) groups excluding carboxylic acids is 1. The van der Waals surface area contributed by atoms with E-state index < -0.39 is 105 Å². The standard InChI is InChI=1S/C35H46O19/c1-16-25(41)26(42)27(43)32(51-16)49-13-23-29(53-24(40)8-5-17-4-7-20(38)22(12-17)47-2)30(54-34-31(45)35(46,14-36)15-50-34)28(44)33(52-23)48-10-9-18-3-6-19(37)21(39)11-18/h3-8,11-12,16,23,25-34,36-39,41-46H,9-10,13-15H2,1-2H3/t16-,23+,25-,26+,27+,28+,29+,30+,31-,32+,33+,34-,35+/m0/s1. The van der Waals surface area contributed by atoms with E-state index in [4.69, 9.17) is 37.9 Å². The largest absolute Gasteiger partial charge is 0.504 e. The van der Waals surface area contributed by atoms with Crippen molar-refractivity contribution < 1.29 is 93.8 Å². The molecule has 10 N–H and O–H groups in total. The Labute approximate surface area is 308 Å². The van der Waals surface area contributed by atoms with Crippen molar-refractivity contribution in [2.24, 2.45) is 0 Å². The number of aromatic hydroxyl groups is 3. The monoisotopic (exact) mass is 770 g/mol. The third-order valence-electron chi connectivity index (χ3n) is 9.30. The third-order valence-corrected chi connectivity index (χ3v) is 9.30. The quantitative estimate of drug-likeness (QED) is 0.0552. The van der Waals surface area contributed by atoms with Gasteiger partial charge in [0.15, 0.2) is 48.0 Å². The van der Waals surface area contributed by atoms with Gasteiger partial charge in [-0.1, -0.05) is 12.1 Å². The zero-order valence-corrected chi connectivity index (χ0v) is 29.2. The lowest BCUT2D eigenvalue weighted by atomic mass is 9.97. The summed E-state index contributed by atoms with van der Waals surface area (Å²) in [6.07, 6.45) is -16.4. The van der Waals surface area contributed by atoms with E-state index in [1.54, 1.807) is 0 Å². The van der Waals surface area contributed by atoms with Gasteiger partial charge >= 0.3 is 5.97 Å². The number of hydrogen-bond donors (Lipinski definition) is 10. The van der Waals surface area contributed by atoms with Gasteiger partial charge in [-0.15, -0.1) is 0 Å². The molecule has 0 aromatic heterocycles. The molecule has 54 heavy (non-hydrogen) atoms. The summed E-state index contributed by atoms with van der Waals surface area (Å²) in [5.41, 5.74) is -1.17. The second kappa shape index (κ2) is 17.9. The van der Waals surface area contributed by atoms with Crippen LogP contribution in [-0.2, 0) is 44.4 Å². The molecule has 3 saturated heterocycles. The second-order valence-electron chi connectivity index (χ2n) is 13.1. The second-order valence-corrected chi connectivity index (χ2v) is 13.1. The van der Waals surface area contributed by atoms with E-state index in [-0.39, 0.29) is 36.0 Å². The number of aliphatic hydroxyl groups excluding tert-OH is 6. The highest BCUT2D eigenvalue weighted by Gasteiger charge is 2.55. The van der Waals surface area contributed by atoms with E-state index in [0.29, 0.717) is 11.1 Å². The van der Waals surface area contributed by atoms with Gasteiger partial charge in [-0.2, -0.15) is 0 Å². The van der Waals surface area contributed by atoms with Gasteiger partial charge in [0.1, 0.15) is 48.3 Å². The SMILES string of the molecule is COc1cc(C=CC(=O)O[C@H]2[C@H](O[C@@H]3OC[C@](O)(CO)[C@H]3O)[C@@H](O)[C@H](OCCc3ccc(O)c(O)c3)O[C@@H]2CO[C@@H]2O[C@@H](C)[C@H](O)[C@@H](O)[C@H]2O)ccc1O. The van der Waals surface area contributed by atoms with Crippen LogP contribution in [-0.4, -0.2) is 170 Å². The highest BCUT2D eigenvalue weighted by Crippen LogP contribution is 2.34. The molecule has 2 aromatic carbocycles. The van der Waals surface area contributed by atoms with Crippen LogP contribution in [0, 0.1) is 0 Å². The third kappa shape index (κ3) is 9.40. The Kier molecular flexibility index (Phi) is 13.7. The predicted molar refractivity (Wildman–Crippen MR) is 179 cm³/mol. The summed E-state index contributed by atoms with van der Waals surface area (Å²) in [4.78, 5) is 13.3. The van der Waals surface area contributed by atoms with Gasteiger partial charge in [0, 0.05) is 6.08 Å². The molecule has 300 valence electrons. The number of methoxy groups -OCH3 is 1. The Morgan fingerprint density at radius 1 is 0.870 bits per heavy atom. The molecule has 2 aromatic rings. The number of hydrogen-bond acceptors (Lipinski definition) is 19. The predicted octanol–water partition coefficient (Wildman–Crippen LogP) is -2.25. The smallest absolute Gasteiger partial charge is 0.331 e. The Morgan fingerprint density at radius 2 is 1.59 bits per heavy atom. The molecule has 19 nitrogen and oxygen atoms in total. The van der Waals surface area contributed by atoms with Crippen LogP contribution in [0.4, 0.5) is 0 Å². The molecule has 3 fully saturated rings. The van der Waals surface area contributed by atoms with Crippen LogP contribution < -0.4 is 4.74 Å². The number of ether oxygens (including phenoxy) is 8. The van der Waals surface area contributed by atoms with Crippen molar-refractivity contribution in [1.29, 1.82) is 0 Å². The van der Waals surface area contributed by atoms with Crippen LogP contribution in [0.15, 0.2) is 42.5 Å². The Hall–Kier alpha value is -3.67. The summed E-state index contributed by atoms with van der Waals surface area (Å²) < 4.78 is 45.3. The fourth-order valence-electron chi connectivity index (χ4n) is 6.02. The van der Waals surface area contributed by atoms with Gasteiger partial charge in [-0.3, -0.25) is 0 Å². The average molecular weight is 771 g/mol. The summed E-state index contributed by atoms with van der Waals surface area (Å²) in [5, 5.41) is 103. The Balaban J connectivity index is 1.42. The van der Waals surface area contributed by atoms with Crippen molar-refractivity contribution in [3.63, 3.8) is 0 Å². The van der Waals surface area contributed by atoms with Gasteiger partial charge in [0.05, 0.1) is 39.6 Å². The molecule has 5 rings (SSSR count). The molecule has 13 atom stereocenters. The average Bonchev–Trinajstić information content (AvgIpc) is 3.44. The van der Waals surface area contributed by atoms with Crippen LogP contribution in [0.25, 0.3) is 6.08 Å². The molecule has 3 heterocycles. The summed E-state index contributed by atoms with van der Waals surface area (Å²) >= 11 is 0. The minimum atomic E-state index is -2.13. The van der Waals surface area contributed by atoms with Crippen molar-refractivity contribution in [2.45, 2.75) is 92.8 Å². The van der Waals surface area contributed by atoms with Crippen LogP contribution in [0.5, 0.6) is 23.0 Å². The lowest BCUT2D eigenvalue weighted by Crippen LogP contribution is -2.63. The van der Waals surface area contributed by atoms with Crippen molar-refractivity contribution in [2.75, 3.05) is 33.5 Å². The van der Waals surface area contributed by atoms with Gasteiger partial charge in [0.25, 0.3) is 0 Å². The first-order chi connectivity index (χ1) is 25.6.